The second kappa shape index (κ2) is 6.92. The molecule has 1 unspecified atom stereocenters. The van der Waals surface area contributed by atoms with E-state index in [-0.39, 0.29) is 23.7 Å². The zero-order valence-corrected chi connectivity index (χ0v) is 14.2. The Morgan fingerprint density at radius 3 is 2.77 bits per heavy atom. The molecule has 0 aliphatic carbocycles. The van der Waals surface area contributed by atoms with Gasteiger partial charge in [-0.3, -0.25) is 4.98 Å². The smallest absolute Gasteiger partial charge is 0.417 e. The van der Waals surface area contributed by atoms with Crippen molar-refractivity contribution >= 4 is 23.4 Å². The zero-order valence-electron chi connectivity index (χ0n) is 13.4. The summed E-state index contributed by atoms with van der Waals surface area (Å²) in [7, 11) is 0. The summed E-state index contributed by atoms with van der Waals surface area (Å²) in [5.74, 6) is -0.548. The van der Waals surface area contributed by atoms with E-state index in [4.69, 9.17) is 11.6 Å². The number of halogens is 4. The lowest BCUT2D eigenvalue weighted by Gasteiger charge is -2.34. The van der Waals surface area contributed by atoms with Crippen molar-refractivity contribution in [2.45, 2.75) is 44.3 Å². The predicted molar refractivity (Wildman–Crippen MR) is 85.2 cm³/mol. The van der Waals surface area contributed by atoms with E-state index in [2.05, 4.69) is 10.1 Å². The molecule has 26 heavy (non-hydrogen) atoms. The third-order valence-electron chi connectivity index (χ3n) is 4.38. The highest BCUT2D eigenvalue weighted by Crippen LogP contribution is 2.32. The summed E-state index contributed by atoms with van der Waals surface area (Å²) in [6.07, 6.45) is -3.30. The Morgan fingerprint density at radius 1 is 1.42 bits per heavy atom. The summed E-state index contributed by atoms with van der Waals surface area (Å²) in [6.45, 7) is 0.131. The molecule has 1 aromatic heterocycles. The number of piperidine rings is 1. The number of carboxylic acid groups (broad SMARTS) is 1. The molecular formula is C15H16ClF3N4O3. The summed E-state index contributed by atoms with van der Waals surface area (Å²) in [4.78, 5) is 16.4. The van der Waals surface area contributed by atoms with Gasteiger partial charge in [-0.25, -0.2) is 9.80 Å². The normalized spacial score (nSPS) is 23.0. The number of hydrogen-bond donors (Lipinski definition) is 2. The van der Waals surface area contributed by atoms with E-state index in [0.717, 1.165) is 6.07 Å². The number of carboxylic acids is 1. The van der Waals surface area contributed by atoms with Crippen LogP contribution in [0.3, 0.4) is 0 Å². The molecule has 0 amide bonds. The van der Waals surface area contributed by atoms with Gasteiger partial charge in [-0.2, -0.15) is 18.3 Å². The van der Waals surface area contributed by atoms with Gasteiger partial charge in [-0.15, -0.1) is 0 Å². The quantitative estimate of drug-likeness (QED) is 0.816. The van der Waals surface area contributed by atoms with Gasteiger partial charge in [0, 0.05) is 25.6 Å². The molecular weight excluding hydrogens is 377 g/mol. The Kier molecular flexibility index (Phi) is 4.98. The van der Waals surface area contributed by atoms with Crippen LogP contribution in [0, 0.1) is 0 Å². The van der Waals surface area contributed by atoms with E-state index in [0.29, 0.717) is 31.3 Å². The molecule has 142 valence electrons. The number of fused-ring (bicyclic) bond motifs is 1. The fraction of sp³-hybridized carbons (Fsp3) is 0.533. The summed E-state index contributed by atoms with van der Waals surface area (Å²) in [5.41, 5.74) is -0.694. The van der Waals surface area contributed by atoms with Gasteiger partial charge in [0.1, 0.15) is 11.9 Å². The van der Waals surface area contributed by atoms with Crippen LogP contribution >= 0.6 is 11.6 Å². The highest BCUT2D eigenvalue weighted by Gasteiger charge is 2.42. The fourth-order valence-electron chi connectivity index (χ4n) is 3.07. The van der Waals surface area contributed by atoms with Crippen LogP contribution in [-0.4, -0.2) is 55.8 Å². The number of amidine groups is 1. The van der Waals surface area contributed by atoms with E-state index >= 15 is 0 Å². The Labute approximate surface area is 151 Å². The maximum Gasteiger partial charge on any atom is 0.417 e. The number of hydrogen-bond acceptors (Lipinski definition) is 6. The number of aliphatic carboxylic acids is 1. The molecule has 1 aromatic rings. The number of carbonyl (C=O) groups is 1. The minimum atomic E-state index is -4.53. The van der Waals surface area contributed by atoms with E-state index < -0.39 is 30.1 Å². The molecule has 3 heterocycles. The molecule has 0 radical (unpaired) electrons. The van der Waals surface area contributed by atoms with Crippen LogP contribution in [0.2, 0.25) is 5.02 Å². The van der Waals surface area contributed by atoms with Gasteiger partial charge in [0.15, 0.2) is 0 Å². The van der Waals surface area contributed by atoms with Gasteiger partial charge in [0.2, 0.25) is 6.35 Å². The van der Waals surface area contributed by atoms with E-state index in [1.54, 1.807) is 0 Å². The SMILES string of the molecule is O=C(O)[C@@H]1CCCC2=NN(CCc3ncc(C(F)(F)F)cc3Cl)C(O)N21. The summed E-state index contributed by atoms with van der Waals surface area (Å²) >= 11 is 5.88. The van der Waals surface area contributed by atoms with Crippen molar-refractivity contribution in [3.8, 4) is 0 Å². The number of pyridine rings is 1. The van der Waals surface area contributed by atoms with Crippen molar-refractivity contribution in [1.82, 2.24) is 14.9 Å². The largest absolute Gasteiger partial charge is 0.480 e. The third kappa shape index (κ3) is 3.56. The summed E-state index contributed by atoms with van der Waals surface area (Å²) < 4.78 is 37.9. The van der Waals surface area contributed by atoms with Crippen molar-refractivity contribution in [3.05, 3.63) is 28.5 Å². The minimum absolute atomic E-state index is 0.123. The second-order valence-corrected chi connectivity index (χ2v) is 6.49. The molecule has 7 nitrogen and oxygen atoms in total. The number of aromatic nitrogens is 1. The van der Waals surface area contributed by atoms with Crippen LogP contribution in [0.5, 0.6) is 0 Å². The molecule has 11 heteroatoms. The molecule has 2 aliphatic heterocycles. The highest BCUT2D eigenvalue weighted by molar-refractivity contribution is 6.31. The highest BCUT2D eigenvalue weighted by atomic mass is 35.5. The van der Waals surface area contributed by atoms with Crippen LogP contribution < -0.4 is 0 Å². The fourth-order valence-corrected chi connectivity index (χ4v) is 3.34. The molecule has 3 rings (SSSR count). The van der Waals surface area contributed by atoms with Crippen LogP contribution in [0.4, 0.5) is 13.2 Å². The average Bonchev–Trinajstić information content (AvgIpc) is 2.89. The standard InChI is InChI=1S/C15H16ClF3N4O3/c16-9-6-8(15(17,18)19)7-20-10(9)4-5-22-14(26)23-11(13(24)25)2-1-3-12(23)21-22/h6-7,11,14,26H,1-5H2,(H,24,25)/t11-,14?/m0/s1. The maximum absolute atomic E-state index is 12.6. The van der Waals surface area contributed by atoms with Crippen molar-refractivity contribution in [2.24, 2.45) is 5.10 Å². The lowest BCUT2D eigenvalue weighted by Crippen LogP contribution is -2.53. The van der Waals surface area contributed by atoms with Crippen molar-refractivity contribution in [1.29, 1.82) is 0 Å². The van der Waals surface area contributed by atoms with Gasteiger partial charge >= 0.3 is 12.1 Å². The lowest BCUT2D eigenvalue weighted by atomic mass is 10.0. The number of aliphatic hydroxyl groups excluding tert-OH is 1. The molecule has 2 aliphatic rings. The van der Waals surface area contributed by atoms with Gasteiger partial charge in [0.25, 0.3) is 0 Å². The molecule has 0 aromatic carbocycles. The monoisotopic (exact) mass is 392 g/mol. The van der Waals surface area contributed by atoms with E-state index in [1.807, 2.05) is 0 Å². The Hall–Kier alpha value is -2.07. The Balaban J connectivity index is 1.69. The van der Waals surface area contributed by atoms with Crippen molar-refractivity contribution in [2.75, 3.05) is 6.54 Å². The van der Waals surface area contributed by atoms with Crippen molar-refractivity contribution in [3.63, 3.8) is 0 Å². The van der Waals surface area contributed by atoms with E-state index in [1.165, 1.54) is 9.91 Å². The van der Waals surface area contributed by atoms with Gasteiger partial charge in [-0.05, 0) is 18.9 Å². The van der Waals surface area contributed by atoms with E-state index in [9.17, 15) is 28.2 Å². The first kappa shape index (κ1) is 18.7. The number of hydrazone groups is 1. The van der Waals surface area contributed by atoms with Crippen LogP contribution in [0.15, 0.2) is 17.4 Å². The first-order chi connectivity index (χ1) is 12.2. The number of rotatable bonds is 4. The molecule has 2 atom stereocenters. The lowest BCUT2D eigenvalue weighted by molar-refractivity contribution is -0.150. The van der Waals surface area contributed by atoms with Gasteiger partial charge in [-0.1, -0.05) is 11.6 Å². The topological polar surface area (TPSA) is 89.3 Å². The maximum atomic E-state index is 12.6. The van der Waals surface area contributed by atoms with Gasteiger partial charge < -0.3 is 15.1 Å². The molecule has 0 saturated carbocycles. The zero-order chi connectivity index (χ0) is 19.1. The van der Waals surface area contributed by atoms with Crippen molar-refractivity contribution < 1.29 is 28.2 Å². The van der Waals surface area contributed by atoms with Crippen LogP contribution in [0.1, 0.15) is 30.5 Å². The predicted octanol–water partition coefficient (Wildman–Crippen LogP) is 2.14. The van der Waals surface area contributed by atoms with Crippen LogP contribution in [0.25, 0.3) is 0 Å². The first-order valence-corrected chi connectivity index (χ1v) is 8.31. The molecule has 1 saturated heterocycles. The van der Waals surface area contributed by atoms with Gasteiger partial charge in [0.05, 0.1) is 16.3 Å². The van der Waals surface area contributed by atoms with Crippen LogP contribution in [-0.2, 0) is 17.4 Å². The Morgan fingerprint density at radius 2 is 2.15 bits per heavy atom. The molecule has 0 bridgehead atoms. The first-order valence-electron chi connectivity index (χ1n) is 7.93. The third-order valence-corrected chi connectivity index (χ3v) is 4.71. The molecule has 0 spiro atoms. The number of aliphatic hydroxyl groups is 1. The number of alkyl halides is 3. The Bertz CT molecular complexity index is 743. The minimum Gasteiger partial charge on any atom is -0.480 e. The molecule has 1 fully saturated rings. The molecule has 2 N–H and O–H groups in total. The second-order valence-electron chi connectivity index (χ2n) is 6.08. The average molecular weight is 393 g/mol. The summed E-state index contributed by atoms with van der Waals surface area (Å²) in [5, 5.41) is 25.1. The summed E-state index contributed by atoms with van der Waals surface area (Å²) in [6, 6.07) is -0.0461. The number of nitrogens with zero attached hydrogens (tertiary/aromatic N) is 4.